The largest absolute Gasteiger partial charge is 0.496 e. The lowest BCUT2D eigenvalue weighted by atomic mass is 9.74. The highest BCUT2D eigenvalue weighted by Crippen LogP contribution is 2.32. The van der Waals surface area contributed by atoms with Crippen LogP contribution in [0.4, 0.5) is 0 Å². The molecule has 2 aromatic rings. The summed E-state index contributed by atoms with van der Waals surface area (Å²) in [6.07, 6.45) is 3.95. The zero-order valence-electron chi connectivity index (χ0n) is 14.9. The second kappa shape index (κ2) is 8.07. The van der Waals surface area contributed by atoms with Crippen LogP contribution < -0.4 is 15.8 Å². The van der Waals surface area contributed by atoms with Gasteiger partial charge in [0.1, 0.15) is 5.75 Å². The second-order valence-corrected chi connectivity index (χ2v) is 6.99. The molecule has 0 spiro atoms. The summed E-state index contributed by atoms with van der Waals surface area (Å²) in [5.41, 5.74) is 6.95. The number of carbonyl (C=O) groups excluding carboxylic acids is 1. The first-order valence-corrected chi connectivity index (χ1v) is 8.64. The molecule has 1 saturated carbocycles. The number of hydrogen-bond acceptors (Lipinski definition) is 3. The summed E-state index contributed by atoms with van der Waals surface area (Å²) in [4.78, 5) is 12.7. The van der Waals surface area contributed by atoms with Gasteiger partial charge in [-0.15, -0.1) is 12.4 Å². The fourth-order valence-electron chi connectivity index (χ4n) is 3.78. The van der Waals surface area contributed by atoms with Gasteiger partial charge in [-0.25, -0.2) is 0 Å². The molecule has 4 nitrogen and oxygen atoms in total. The number of benzene rings is 2. The summed E-state index contributed by atoms with van der Waals surface area (Å²) in [5.74, 6) is 0.732. The third kappa shape index (κ3) is 4.07. The van der Waals surface area contributed by atoms with E-state index in [4.69, 9.17) is 10.5 Å². The van der Waals surface area contributed by atoms with E-state index in [9.17, 15) is 4.79 Å². The van der Waals surface area contributed by atoms with Crippen molar-refractivity contribution in [2.45, 2.75) is 44.7 Å². The van der Waals surface area contributed by atoms with Gasteiger partial charge in [-0.05, 0) is 36.6 Å². The smallest absolute Gasteiger partial charge is 0.225 e. The molecule has 0 aromatic heterocycles. The van der Waals surface area contributed by atoms with Gasteiger partial charge in [-0.3, -0.25) is 4.79 Å². The summed E-state index contributed by atoms with van der Waals surface area (Å²) >= 11 is 0. The first-order valence-electron chi connectivity index (χ1n) is 8.64. The van der Waals surface area contributed by atoms with Gasteiger partial charge in [0.25, 0.3) is 0 Å². The molecule has 3 N–H and O–H groups in total. The maximum absolute atomic E-state index is 12.7. The molecular formula is C20H27ClN2O2. The second-order valence-electron chi connectivity index (χ2n) is 6.99. The van der Waals surface area contributed by atoms with Crippen molar-refractivity contribution in [3.63, 3.8) is 0 Å². The lowest BCUT2D eigenvalue weighted by Gasteiger charge is -2.37. The SMILES string of the molecule is COc1ccc2ccccc2c1CNC(=O)C1CCCCC1(C)N.Cl. The van der Waals surface area contributed by atoms with E-state index >= 15 is 0 Å². The molecule has 2 atom stereocenters. The molecule has 0 saturated heterocycles. The molecule has 0 bridgehead atoms. The Balaban J connectivity index is 0.00000225. The minimum atomic E-state index is -0.412. The van der Waals surface area contributed by atoms with Crippen LogP contribution in [-0.4, -0.2) is 18.6 Å². The third-order valence-electron chi connectivity index (χ3n) is 5.23. The first kappa shape index (κ1) is 19.5. The van der Waals surface area contributed by atoms with E-state index in [1.807, 2.05) is 31.2 Å². The van der Waals surface area contributed by atoms with E-state index in [1.165, 1.54) is 0 Å². The predicted molar refractivity (Wildman–Crippen MR) is 104 cm³/mol. The highest BCUT2D eigenvalue weighted by molar-refractivity contribution is 5.88. The Morgan fingerprint density at radius 1 is 1.28 bits per heavy atom. The molecule has 5 heteroatoms. The zero-order valence-corrected chi connectivity index (χ0v) is 15.7. The summed E-state index contributed by atoms with van der Waals surface area (Å²) < 4.78 is 5.50. The van der Waals surface area contributed by atoms with Gasteiger partial charge in [0.15, 0.2) is 0 Å². The highest BCUT2D eigenvalue weighted by atomic mass is 35.5. The number of rotatable bonds is 4. The van der Waals surface area contributed by atoms with E-state index < -0.39 is 5.54 Å². The molecule has 0 aliphatic heterocycles. The number of carbonyl (C=O) groups is 1. The Kier molecular flexibility index (Phi) is 6.31. The van der Waals surface area contributed by atoms with Gasteiger partial charge >= 0.3 is 0 Å². The van der Waals surface area contributed by atoms with Crippen LogP contribution in [0.5, 0.6) is 5.75 Å². The maximum atomic E-state index is 12.7. The number of methoxy groups -OCH3 is 1. The van der Waals surface area contributed by atoms with Crippen molar-refractivity contribution in [1.82, 2.24) is 5.32 Å². The van der Waals surface area contributed by atoms with Crippen molar-refractivity contribution in [1.29, 1.82) is 0 Å². The lowest BCUT2D eigenvalue weighted by molar-refractivity contribution is -0.128. The average Bonchev–Trinajstić information content (AvgIpc) is 2.58. The van der Waals surface area contributed by atoms with Crippen LogP contribution in [0.3, 0.4) is 0 Å². The van der Waals surface area contributed by atoms with E-state index in [2.05, 4.69) is 17.4 Å². The standard InChI is InChI=1S/C20H26N2O2.ClH/c1-20(21)12-6-5-9-17(20)19(23)22-13-16-15-8-4-3-7-14(15)10-11-18(16)24-2;/h3-4,7-8,10-11,17H,5-6,9,12-13,21H2,1-2H3,(H,22,23);1H. The molecule has 2 aromatic carbocycles. The number of ether oxygens (including phenoxy) is 1. The molecule has 25 heavy (non-hydrogen) atoms. The van der Waals surface area contributed by atoms with Gasteiger partial charge < -0.3 is 15.8 Å². The van der Waals surface area contributed by atoms with Crippen LogP contribution in [0.1, 0.15) is 38.2 Å². The fraction of sp³-hybridized carbons (Fsp3) is 0.450. The maximum Gasteiger partial charge on any atom is 0.225 e. The van der Waals surface area contributed by atoms with Crippen LogP contribution in [0, 0.1) is 5.92 Å². The van der Waals surface area contributed by atoms with Gasteiger partial charge in [0, 0.05) is 17.6 Å². The summed E-state index contributed by atoms with van der Waals surface area (Å²) in [5, 5.41) is 5.34. The topological polar surface area (TPSA) is 64.3 Å². The van der Waals surface area contributed by atoms with Crippen LogP contribution >= 0.6 is 12.4 Å². The summed E-state index contributed by atoms with van der Waals surface area (Å²) in [6.45, 7) is 2.45. The molecule has 3 rings (SSSR count). The molecule has 0 radical (unpaired) electrons. The fourth-order valence-corrected chi connectivity index (χ4v) is 3.78. The van der Waals surface area contributed by atoms with Crippen molar-refractivity contribution in [2.75, 3.05) is 7.11 Å². The highest BCUT2D eigenvalue weighted by Gasteiger charge is 2.37. The quantitative estimate of drug-likeness (QED) is 0.869. The van der Waals surface area contributed by atoms with Crippen molar-refractivity contribution >= 4 is 29.1 Å². The number of nitrogens with two attached hydrogens (primary N) is 1. The molecular weight excluding hydrogens is 336 g/mol. The monoisotopic (exact) mass is 362 g/mol. The molecule has 0 heterocycles. The lowest BCUT2D eigenvalue weighted by Crippen LogP contribution is -2.52. The van der Waals surface area contributed by atoms with Gasteiger partial charge in [0.05, 0.1) is 13.0 Å². The molecule has 1 fully saturated rings. The van der Waals surface area contributed by atoms with Gasteiger partial charge in [-0.2, -0.15) is 0 Å². The predicted octanol–water partition coefficient (Wildman–Crippen LogP) is 3.79. The van der Waals surface area contributed by atoms with E-state index in [1.54, 1.807) is 7.11 Å². The Morgan fingerprint density at radius 3 is 2.76 bits per heavy atom. The average molecular weight is 363 g/mol. The molecule has 1 aliphatic rings. The van der Waals surface area contributed by atoms with Gasteiger partial charge in [0.2, 0.25) is 5.91 Å². The number of nitrogens with one attached hydrogen (secondary N) is 1. The van der Waals surface area contributed by atoms with Crippen molar-refractivity contribution in [2.24, 2.45) is 11.7 Å². The zero-order chi connectivity index (χ0) is 17.2. The van der Waals surface area contributed by atoms with Crippen LogP contribution in [0.25, 0.3) is 10.8 Å². The van der Waals surface area contributed by atoms with Crippen molar-refractivity contribution < 1.29 is 9.53 Å². The Hall–Kier alpha value is -1.78. The number of amides is 1. The summed E-state index contributed by atoms with van der Waals surface area (Å²) in [6, 6.07) is 12.1. The van der Waals surface area contributed by atoms with Crippen molar-refractivity contribution in [3.8, 4) is 5.75 Å². The van der Waals surface area contributed by atoms with E-state index in [0.29, 0.717) is 6.54 Å². The number of hydrogen-bond donors (Lipinski definition) is 2. The normalized spacial score (nSPS) is 22.9. The van der Waals surface area contributed by atoms with Gasteiger partial charge in [-0.1, -0.05) is 43.2 Å². The van der Waals surface area contributed by atoms with Crippen molar-refractivity contribution in [3.05, 3.63) is 42.0 Å². The first-order chi connectivity index (χ1) is 11.5. The molecule has 136 valence electrons. The Morgan fingerprint density at radius 2 is 2.04 bits per heavy atom. The van der Waals surface area contributed by atoms with Crippen LogP contribution in [0.15, 0.2) is 36.4 Å². The van der Waals surface area contributed by atoms with E-state index in [-0.39, 0.29) is 24.2 Å². The molecule has 2 unspecified atom stereocenters. The van der Waals surface area contributed by atoms with Crippen LogP contribution in [-0.2, 0) is 11.3 Å². The minimum absolute atomic E-state index is 0. The number of halogens is 1. The Bertz CT molecular complexity index is 746. The van der Waals surface area contributed by atoms with Crippen LogP contribution in [0.2, 0.25) is 0 Å². The van der Waals surface area contributed by atoms with E-state index in [0.717, 1.165) is 47.8 Å². The molecule has 1 amide bonds. The summed E-state index contributed by atoms with van der Waals surface area (Å²) in [7, 11) is 1.66. The Labute approximate surface area is 155 Å². The minimum Gasteiger partial charge on any atom is -0.496 e. The number of fused-ring (bicyclic) bond motifs is 1. The molecule has 1 aliphatic carbocycles. The third-order valence-corrected chi connectivity index (χ3v) is 5.23.